The second-order valence-corrected chi connectivity index (χ2v) is 13.1. The van der Waals surface area contributed by atoms with E-state index in [9.17, 15) is 22.8 Å². The van der Waals surface area contributed by atoms with Crippen LogP contribution >= 0.6 is 0 Å². The Hall–Kier alpha value is -4.40. The van der Waals surface area contributed by atoms with Gasteiger partial charge < -0.3 is 10.2 Å². The van der Waals surface area contributed by atoms with Gasteiger partial charge in [-0.05, 0) is 68.0 Å². The summed E-state index contributed by atoms with van der Waals surface area (Å²) in [6, 6.07) is 19.7. The number of hydrogen-bond donors (Lipinski definition) is 2. The van der Waals surface area contributed by atoms with E-state index in [1.54, 1.807) is 48.2 Å². The molecule has 234 valence electrons. The molecule has 0 saturated carbocycles. The zero-order valence-corrected chi connectivity index (χ0v) is 26.1. The highest BCUT2D eigenvalue weighted by molar-refractivity contribution is 7.72. The molecular formula is C34H37N5O5S. The molecule has 2 aliphatic rings. The van der Waals surface area contributed by atoms with Crippen molar-refractivity contribution < 1.29 is 22.8 Å². The molecule has 3 heterocycles. The highest BCUT2D eigenvalue weighted by atomic mass is 32.2. The molecule has 2 fully saturated rings. The van der Waals surface area contributed by atoms with E-state index in [1.165, 1.54) is 6.20 Å². The number of carbonyl (C=O) groups is 3. The molecule has 2 amide bonds. The Morgan fingerprint density at radius 1 is 0.911 bits per heavy atom. The van der Waals surface area contributed by atoms with Crippen LogP contribution in [-0.4, -0.2) is 73.0 Å². The Kier molecular flexibility index (Phi) is 10.4. The number of likely N-dealkylation sites (tertiary alicyclic amines) is 2. The third kappa shape index (κ3) is 8.01. The lowest BCUT2D eigenvalue weighted by Gasteiger charge is -2.32. The fourth-order valence-corrected chi connectivity index (χ4v) is 6.32. The summed E-state index contributed by atoms with van der Waals surface area (Å²) in [6.45, 7) is 5.00. The molecule has 3 aromatic rings. The van der Waals surface area contributed by atoms with Crippen LogP contribution < -0.4 is 5.32 Å². The number of carbonyl (C=O) groups excluding carboxylic acids is 3. The van der Waals surface area contributed by atoms with E-state index in [-0.39, 0.29) is 35.3 Å². The summed E-state index contributed by atoms with van der Waals surface area (Å²) >= 11 is 0. The SMILES string of the molecule is CC(c1ccc(C(=O)C2CCN(C(=O)c3ccc(C(=O)NC4CCN(Cc5ccc(C#N)cc5)CC4)nc3)CC2)cc1)[SH](=O)=O. The van der Waals surface area contributed by atoms with Crippen LogP contribution in [-0.2, 0) is 17.2 Å². The molecule has 2 aliphatic heterocycles. The minimum atomic E-state index is -2.58. The molecule has 1 unspecified atom stereocenters. The number of Topliss-reactive ketones (excluding diaryl/α,β-unsaturated/α-hetero) is 1. The van der Waals surface area contributed by atoms with Gasteiger partial charge in [-0.25, -0.2) is 8.42 Å². The van der Waals surface area contributed by atoms with Gasteiger partial charge in [0.15, 0.2) is 5.78 Å². The van der Waals surface area contributed by atoms with Crippen LogP contribution in [0.15, 0.2) is 66.9 Å². The first-order chi connectivity index (χ1) is 21.7. The van der Waals surface area contributed by atoms with Gasteiger partial charge in [-0.2, -0.15) is 5.26 Å². The number of pyridine rings is 1. The van der Waals surface area contributed by atoms with Crippen LogP contribution in [0.1, 0.15) is 85.8 Å². The van der Waals surface area contributed by atoms with Crippen LogP contribution in [0.4, 0.5) is 0 Å². The lowest BCUT2D eigenvalue weighted by molar-refractivity contribution is 0.0649. The number of amides is 2. The Morgan fingerprint density at radius 3 is 2.13 bits per heavy atom. The number of benzene rings is 2. The van der Waals surface area contributed by atoms with Gasteiger partial charge in [0.25, 0.3) is 11.8 Å². The van der Waals surface area contributed by atoms with Gasteiger partial charge in [0.05, 0.1) is 22.4 Å². The number of piperidine rings is 2. The van der Waals surface area contributed by atoms with Crippen LogP contribution in [0.25, 0.3) is 0 Å². The van der Waals surface area contributed by atoms with Crippen molar-refractivity contribution in [3.8, 4) is 6.07 Å². The predicted molar refractivity (Wildman–Crippen MR) is 169 cm³/mol. The lowest BCUT2D eigenvalue weighted by atomic mass is 9.88. The maximum Gasteiger partial charge on any atom is 0.270 e. The summed E-state index contributed by atoms with van der Waals surface area (Å²) in [5, 5.41) is 11.4. The first-order valence-electron chi connectivity index (χ1n) is 15.3. The summed E-state index contributed by atoms with van der Waals surface area (Å²) in [5.74, 6) is -0.648. The van der Waals surface area contributed by atoms with Gasteiger partial charge in [0.1, 0.15) is 16.4 Å². The van der Waals surface area contributed by atoms with Crippen LogP contribution in [0.5, 0.6) is 0 Å². The monoisotopic (exact) mass is 627 g/mol. The number of ketones is 1. The van der Waals surface area contributed by atoms with Gasteiger partial charge in [-0.1, -0.05) is 36.4 Å². The van der Waals surface area contributed by atoms with Gasteiger partial charge in [0.2, 0.25) is 0 Å². The van der Waals surface area contributed by atoms with Crippen molar-refractivity contribution in [2.24, 2.45) is 5.92 Å². The largest absolute Gasteiger partial charge is 0.348 e. The standard InChI is InChI=1S/C34H37N5O5S/c1-23(45(43)44)26-6-8-27(9-7-26)32(40)28-12-18-39(19-13-28)34(42)29-10-11-31(36-21-29)33(41)37-30-14-16-38(17-15-30)22-25-4-2-24(20-35)3-5-25/h2-11,21,23,28,30,45H,12-19,22H2,1H3,(H,37,41). The molecule has 1 atom stereocenters. The number of nitrogens with zero attached hydrogens (tertiary/aromatic N) is 4. The summed E-state index contributed by atoms with van der Waals surface area (Å²) in [7, 11) is -2.58. The number of hydrogen-bond acceptors (Lipinski definition) is 8. The van der Waals surface area contributed by atoms with Crippen molar-refractivity contribution in [1.82, 2.24) is 20.1 Å². The summed E-state index contributed by atoms with van der Waals surface area (Å²) in [4.78, 5) is 47.3. The average molecular weight is 628 g/mol. The van der Waals surface area contributed by atoms with E-state index >= 15 is 0 Å². The smallest absolute Gasteiger partial charge is 0.270 e. The summed E-state index contributed by atoms with van der Waals surface area (Å²) in [6.07, 6.45) is 4.16. The second kappa shape index (κ2) is 14.6. The molecule has 5 rings (SSSR count). The Morgan fingerprint density at radius 2 is 1.56 bits per heavy atom. The zero-order valence-electron chi connectivity index (χ0n) is 25.2. The van der Waals surface area contributed by atoms with Crippen molar-refractivity contribution in [3.05, 3.63) is 100 Å². The highest BCUT2D eigenvalue weighted by Crippen LogP contribution is 2.25. The van der Waals surface area contributed by atoms with Crippen molar-refractivity contribution in [2.45, 2.75) is 50.4 Å². The van der Waals surface area contributed by atoms with Crippen LogP contribution in [0.2, 0.25) is 0 Å². The third-order valence-corrected chi connectivity index (χ3v) is 9.73. The molecule has 0 aliphatic carbocycles. The maximum absolute atomic E-state index is 13.1. The fourth-order valence-electron chi connectivity index (χ4n) is 5.90. The Bertz CT molecular complexity index is 1620. The number of thiol groups is 1. The molecule has 1 aromatic heterocycles. The van der Waals surface area contributed by atoms with Crippen molar-refractivity contribution >= 4 is 28.3 Å². The molecule has 2 aromatic carbocycles. The first kappa shape index (κ1) is 32.0. The zero-order chi connectivity index (χ0) is 31.9. The van der Waals surface area contributed by atoms with Crippen molar-refractivity contribution in [2.75, 3.05) is 26.2 Å². The van der Waals surface area contributed by atoms with E-state index in [1.807, 2.05) is 24.3 Å². The topological polar surface area (TPSA) is 141 Å². The fraction of sp³-hybridized carbons (Fsp3) is 0.382. The Balaban J connectivity index is 1.06. The molecule has 45 heavy (non-hydrogen) atoms. The van der Waals surface area contributed by atoms with Crippen molar-refractivity contribution in [1.29, 1.82) is 5.26 Å². The average Bonchev–Trinajstić information content (AvgIpc) is 3.08. The van der Waals surface area contributed by atoms with E-state index in [0.29, 0.717) is 48.2 Å². The number of rotatable bonds is 9. The summed E-state index contributed by atoms with van der Waals surface area (Å²) < 4.78 is 22.5. The minimum Gasteiger partial charge on any atom is -0.348 e. The summed E-state index contributed by atoms with van der Waals surface area (Å²) in [5.41, 5.74) is 3.66. The molecule has 0 radical (unpaired) electrons. The van der Waals surface area contributed by atoms with E-state index in [2.05, 4.69) is 21.3 Å². The molecular weight excluding hydrogens is 590 g/mol. The minimum absolute atomic E-state index is 0.00169. The normalized spacial score (nSPS) is 17.0. The second-order valence-electron chi connectivity index (χ2n) is 11.8. The highest BCUT2D eigenvalue weighted by Gasteiger charge is 2.29. The lowest BCUT2D eigenvalue weighted by Crippen LogP contribution is -2.44. The number of nitrogens with one attached hydrogen (secondary N) is 1. The quantitative estimate of drug-likeness (QED) is 0.270. The molecule has 10 nitrogen and oxygen atoms in total. The van der Waals surface area contributed by atoms with Gasteiger partial charge in [0, 0.05) is 56.4 Å². The molecule has 0 spiro atoms. The van der Waals surface area contributed by atoms with Crippen LogP contribution in [0.3, 0.4) is 0 Å². The number of aromatic nitrogens is 1. The van der Waals surface area contributed by atoms with Crippen molar-refractivity contribution in [3.63, 3.8) is 0 Å². The molecule has 1 N–H and O–H groups in total. The van der Waals surface area contributed by atoms with Gasteiger partial charge in [-0.3, -0.25) is 24.3 Å². The van der Waals surface area contributed by atoms with Gasteiger partial charge in [-0.15, -0.1) is 0 Å². The van der Waals surface area contributed by atoms with E-state index in [0.717, 1.165) is 38.0 Å². The third-order valence-electron chi connectivity index (χ3n) is 8.80. The maximum atomic E-state index is 13.1. The molecule has 2 saturated heterocycles. The first-order valence-corrected chi connectivity index (χ1v) is 16.5. The Labute approximate surface area is 265 Å². The van der Waals surface area contributed by atoms with Gasteiger partial charge >= 0.3 is 0 Å². The molecule has 11 heteroatoms. The number of nitriles is 1. The van der Waals surface area contributed by atoms with E-state index in [4.69, 9.17) is 5.26 Å². The van der Waals surface area contributed by atoms with E-state index < -0.39 is 16.0 Å². The van der Waals surface area contributed by atoms with Crippen LogP contribution in [0, 0.1) is 17.2 Å². The molecule has 0 bridgehead atoms. The predicted octanol–water partition coefficient (Wildman–Crippen LogP) is 3.76.